The molecule has 1 aliphatic heterocycles. The third kappa shape index (κ3) is 5.44. The topological polar surface area (TPSA) is 89.1 Å². The molecule has 3 rings (SSSR count). The summed E-state index contributed by atoms with van der Waals surface area (Å²) in [7, 11) is 1.41. The average molecular weight is 449 g/mol. The van der Waals surface area contributed by atoms with Crippen molar-refractivity contribution in [2.75, 3.05) is 26.9 Å². The maximum absolute atomic E-state index is 14.9. The van der Waals surface area contributed by atoms with Crippen LogP contribution in [0.15, 0.2) is 54.6 Å². The molecule has 7 nitrogen and oxygen atoms in total. The summed E-state index contributed by atoms with van der Waals surface area (Å²) >= 11 is 5.39. The number of carbonyl (C=O) groups is 1. The maximum Gasteiger partial charge on any atom is 0.257 e. The second kappa shape index (κ2) is 10.7. The zero-order valence-electron chi connectivity index (χ0n) is 17.0. The van der Waals surface area contributed by atoms with Crippen molar-refractivity contribution in [2.45, 2.75) is 24.4 Å². The van der Waals surface area contributed by atoms with E-state index in [1.807, 2.05) is 0 Å². The van der Waals surface area contributed by atoms with Gasteiger partial charge in [0.1, 0.15) is 11.4 Å². The molecule has 166 valence electrons. The number of amides is 1. The molecule has 0 aromatic heterocycles. The lowest BCUT2D eigenvalue weighted by Crippen LogP contribution is -2.63. The molecular formula is C22H25FN2O5S. The Balaban J connectivity index is 1.91. The predicted molar refractivity (Wildman–Crippen MR) is 116 cm³/mol. The van der Waals surface area contributed by atoms with Crippen LogP contribution >= 0.6 is 12.2 Å². The number of aliphatic hydroxyl groups excluding tert-OH is 1. The van der Waals surface area contributed by atoms with Crippen molar-refractivity contribution < 1.29 is 28.5 Å². The molecule has 0 saturated carbocycles. The Morgan fingerprint density at radius 2 is 2.00 bits per heavy atom. The fourth-order valence-corrected chi connectivity index (χ4v) is 3.83. The third-order valence-electron chi connectivity index (χ3n) is 5.09. The highest BCUT2D eigenvalue weighted by atomic mass is 32.1. The number of rotatable bonds is 7. The summed E-state index contributed by atoms with van der Waals surface area (Å²) in [4.78, 5) is 12.5. The Kier molecular flexibility index (Phi) is 8.05. The molecule has 0 radical (unpaired) electrons. The van der Waals surface area contributed by atoms with Crippen LogP contribution in [0.25, 0.3) is 0 Å². The highest BCUT2D eigenvalue weighted by Gasteiger charge is 2.47. The Hall–Kier alpha value is -2.43. The van der Waals surface area contributed by atoms with Crippen LogP contribution in [-0.2, 0) is 19.7 Å². The lowest BCUT2D eigenvalue weighted by Gasteiger charge is -2.45. The summed E-state index contributed by atoms with van der Waals surface area (Å²) in [5, 5.41) is 15.2. The predicted octanol–water partition coefficient (Wildman–Crippen LogP) is 2.10. The van der Waals surface area contributed by atoms with Gasteiger partial charge in [-0.15, -0.1) is 0 Å². The van der Waals surface area contributed by atoms with Gasteiger partial charge in [-0.3, -0.25) is 10.1 Å². The number of hydrogen-bond acceptors (Lipinski definition) is 6. The van der Waals surface area contributed by atoms with Crippen LogP contribution in [0, 0.1) is 5.82 Å². The number of methoxy groups -OCH3 is 1. The van der Waals surface area contributed by atoms with Crippen molar-refractivity contribution in [1.82, 2.24) is 10.6 Å². The molecule has 0 spiro atoms. The first-order valence-corrected chi connectivity index (χ1v) is 10.2. The molecule has 31 heavy (non-hydrogen) atoms. The van der Waals surface area contributed by atoms with Gasteiger partial charge in [0, 0.05) is 24.8 Å². The molecule has 9 heteroatoms. The monoisotopic (exact) mass is 448 g/mol. The zero-order chi connectivity index (χ0) is 22.3. The molecule has 3 atom stereocenters. The molecule has 3 unspecified atom stereocenters. The van der Waals surface area contributed by atoms with Crippen LogP contribution in [0.3, 0.4) is 0 Å². The summed E-state index contributed by atoms with van der Waals surface area (Å²) in [6.45, 7) is 0.0196. The fourth-order valence-electron chi connectivity index (χ4n) is 3.56. The maximum atomic E-state index is 14.9. The Morgan fingerprint density at radius 3 is 2.68 bits per heavy atom. The first-order valence-electron chi connectivity index (χ1n) is 9.80. The van der Waals surface area contributed by atoms with E-state index in [-0.39, 0.29) is 23.9 Å². The SMILES string of the molecule is COC(CO)OC1CCOCC1(NC(=S)NC(=O)c1ccccc1)c1ccccc1F. The average Bonchev–Trinajstić information content (AvgIpc) is 2.79. The van der Waals surface area contributed by atoms with E-state index in [1.54, 1.807) is 48.5 Å². The standard InChI is InChI=1S/C22H25FN2O5S/c1-28-19(13-26)30-18-11-12-29-14-22(18,16-9-5-6-10-17(16)23)25-21(31)24-20(27)15-7-3-2-4-8-15/h2-10,18-19,26H,11-14H2,1H3,(H2,24,25,27,31). The molecule has 1 aliphatic rings. The highest BCUT2D eigenvalue weighted by molar-refractivity contribution is 7.80. The minimum atomic E-state index is -1.25. The van der Waals surface area contributed by atoms with Gasteiger partial charge in [0.15, 0.2) is 11.4 Å². The van der Waals surface area contributed by atoms with Crippen molar-refractivity contribution in [3.8, 4) is 0 Å². The Labute approximate surface area is 185 Å². The molecule has 1 fully saturated rings. The van der Waals surface area contributed by atoms with Crippen LogP contribution < -0.4 is 10.6 Å². The molecular weight excluding hydrogens is 423 g/mol. The van der Waals surface area contributed by atoms with Crippen LogP contribution in [0.2, 0.25) is 0 Å². The second-order valence-corrected chi connectivity index (χ2v) is 7.45. The van der Waals surface area contributed by atoms with E-state index in [1.165, 1.54) is 13.2 Å². The quantitative estimate of drug-likeness (QED) is 0.442. The van der Waals surface area contributed by atoms with Gasteiger partial charge in [-0.2, -0.15) is 0 Å². The molecule has 2 aromatic carbocycles. The van der Waals surface area contributed by atoms with Crippen LogP contribution in [0.4, 0.5) is 4.39 Å². The number of thiocarbonyl (C=S) groups is 1. The summed E-state index contributed by atoms with van der Waals surface area (Å²) in [6, 6.07) is 14.8. The first kappa shape index (κ1) is 23.2. The molecule has 0 bridgehead atoms. The largest absolute Gasteiger partial charge is 0.391 e. The number of hydrogen-bond donors (Lipinski definition) is 3. The van der Waals surface area contributed by atoms with Gasteiger partial charge in [0.05, 0.1) is 19.3 Å². The lowest BCUT2D eigenvalue weighted by molar-refractivity contribution is -0.213. The van der Waals surface area contributed by atoms with E-state index in [0.717, 1.165) is 0 Å². The number of ether oxygens (including phenoxy) is 3. The Morgan fingerprint density at radius 1 is 1.29 bits per heavy atom. The van der Waals surface area contributed by atoms with Crippen molar-refractivity contribution in [3.05, 3.63) is 71.5 Å². The highest BCUT2D eigenvalue weighted by Crippen LogP contribution is 2.35. The van der Waals surface area contributed by atoms with Gasteiger partial charge in [0.2, 0.25) is 0 Å². The van der Waals surface area contributed by atoms with Gasteiger partial charge < -0.3 is 24.6 Å². The summed E-state index contributed by atoms with van der Waals surface area (Å²) in [5.41, 5.74) is -0.556. The first-order chi connectivity index (χ1) is 15.0. The van der Waals surface area contributed by atoms with E-state index in [0.29, 0.717) is 18.6 Å². The van der Waals surface area contributed by atoms with Gasteiger partial charge >= 0.3 is 0 Å². The second-order valence-electron chi connectivity index (χ2n) is 7.04. The Bertz CT molecular complexity index is 896. The number of halogens is 1. The molecule has 3 N–H and O–H groups in total. The summed E-state index contributed by atoms with van der Waals surface area (Å²) in [6.07, 6.45) is -1.19. The third-order valence-corrected chi connectivity index (χ3v) is 5.29. The molecule has 1 amide bonds. The van der Waals surface area contributed by atoms with Gasteiger partial charge in [-0.25, -0.2) is 4.39 Å². The van der Waals surface area contributed by atoms with E-state index >= 15 is 0 Å². The minimum Gasteiger partial charge on any atom is -0.391 e. The van der Waals surface area contributed by atoms with E-state index in [9.17, 15) is 14.3 Å². The number of nitrogens with one attached hydrogen (secondary N) is 2. The van der Waals surface area contributed by atoms with Crippen molar-refractivity contribution in [1.29, 1.82) is 0 Å². The van der Waals surface area contributed by atoms with E-state index < -0.39 is 29.7 Å². The molecule has 0 aliphatic carbocycles. The molecule has 1 saturated heterocycles. The summed E-state index contributed by atoms with van der Waals surface area (Å²) in [5.74, 6) is -0.884. The van der Waals surface area contributed by atoms with Crippen molar-refractivity contribution in [2.24, 2.45) is 0 Å². The van der Waals surface area contributed by atoms with Crippen LogP contribution in [0.5, 0.6) is 0 Å². The zero-order valence-corrected chi connectivity index (χ0v) is 17.9. The molecule has 2 aromatic rings. The minimum absolute atomic E-state index is 0.00540. The van der Waals surface area contributed by atoms with E-state index in [2.05, 4.69) is 10.6 Å². The van der Waals surface area contributed by atoms with Gasteiger partial charge in [-0.1, -0.05) is 36.4 Å². The summed E-state index contributed by atoms with van der Waals surface area (Å²) < 4.78 is 31.7. The van der Waals surface area contributed by atoms with Crippen molar-refractivity contribution >= 4 is 23.2 Å². The smallest absolute Gasteiger partial charge is 0.257 e. The number of aliphatic hydroxyl groups is 1. The van der Waals surface area contributed by atoms with Gasteiger partial charge in [-0.05, 0) is 36.8 Å². The van der Waals surface area contributed by atoms with Crippen LogP contribution in [-0.4, -0.2) is 55.5 Å². The molecule has 1 heterocycles. The van der Waals surface area contributed by atoms with Gasteiger partial charge in [0.25, 0.3) is 5.91 Å². The normalized spacial score (nSPS) is 21.8. The lowest BCUT2D eigenvalue weighted by atomic mass is 9.81. The van der Waals surface area contributed by atoms with Crippen molar-refractivity contribution in [3.63, 3.8) is 0 Å². The van der Waals surface area contributed by atoms with E-state index in [4.69, 9.17) is 26.4 Å². The number of benzene rings is 2. The fraction of sp³-hybridized carbons (Fsp3) is 0.364. The number of carbonyl (C=O) groups excluding carboxylic acids is 1. The van der Waals surface area contributed by atoms with Crippen LogP contribution in [0.1, 0.15) is 22.3 Å².